The third-order valence-electron chi connectivity index (χ3n) is 4.06. The second-order valence-electron chi connectivity index (χ2n) is 6.15. The zero-order valence-corrected chi connectivity index (χ0v) is 15.9. The molecule has 0 aliphatic carbocycles. The van der Waals surface area contributed by atoms with E-state index in [0.717, 1.165) is 10.1 Å². The van der Waals surface area contributed by atoms with Gasteiger partial charge >= 0.3 is 5.69 Å². The lowest BCUT2D eigenvalue weighted by Crippen LogP contribution is -2.47. The SMILES string of the molecule is O=C(Cn1c(=O)ccn(Cc2ccccc2)c1=O)NNC(=O)c1ccc(Cl)cc1. The molecule has 9 heteroatoms. The van der Waals surface area contributed by atoms with Gasteiger partial charge in [-0.15, -0.1) is 0 Å². The Balaban J connectivity index is 1.67. The summed E-state index contributed by atoms with van der Waals surface area (Å²) in [4.78, 5) is 48.7. The Morgan fingerprint density at radius 1 is 0.897 bits per heavy atom. The smallest absolute Gasteiger partial charge is 0.296 e. The maximum Gasteiger partial charge on any atom is 0.331 e. The Kier molecular flexibility index (Phi) is 6.25. The highest BCUT2D eigenvalue weighted by atomic mass is 35.5. The molecule has 2 aromatic carbocycles. The average Bonchev–Trinajstić information content (AvgIpc) is 2.73. The first-order valence-electron chi connectivity index (χ1n) is 8.63. The number of hydrazine groups is 1. The molecule has 29 heavy (non-hydrogen) atoms. The summed E-state index contributed by atoms with van der Waals surface area (Å²) in [5, 5.41) is 0.473. The average molecular weight is 413 g/mol. The Bertz CT molecular complexity index is 1140. The van der Waals surface area contributed by atoms with E-state index in [1.165, 1.54) is 41.1 Å². The van der Waals surface area contributed by atoms with E-state index in [1.54, 1.807) is 0 Å². The van der Waals surface area contributed by atoms with Gasteiger partial charge in [0.15, 0.2) is 0 Å². The summed E-state index contributed by atoms with van der Waals surface area (Å²) in [5.41, 5.74) is 4.34. The zero-order chi connectivity index (χ0) is 20.8. The summed E-state index contributed by atoms with van der Waals surface area (Å²) < 4.78 is 2.13. The first kappa shape index (κ1) is 20.1. The van der Waals surface area contributed by atoms with E-state index < -0.39 is 29.6 Å². The third kappa shape index (κ3) is 5.20. The predicted molar refractivity (Wildman–Crippen MR) is 108 cm³/mol. The van der Waals surface area contributed by atoms with Crippen LogP contribution in [0.3, 0.4) is 0 Å². The molecule has 0 radical (unpaired) electrons. The van der Waals surface area contributed by atoms with E-state index in [0.29, 0.717) is 5.02 Å². The Hall–Kier alpha value is -3.65. The minimum Gasteiger partial charge on any atom is -0.296 e. The van der Waals surface area contributed by atoms with Crippen LogP contribution in [0.15, 0.2) is 76.4 Å². The molecule has 0 aliphatic heterocycles. The van der Waals surface area contributed by atoms with Gasteiger partial charge < -0.3 is 0 Å². The van der Waals surface area contributed by atoms with Gasteiger partial charge in [0, 0.05) is 22.8 Å². The fourth-order valence-electron chi connectivity index (χ4n) is 2.59. The van der Waals surface area contributed by atoms with E-state index >= 15 is 0 Å². The molecule has 0 spiro atoms. The number of rotatable bonds is 5. The van der Waals surface area contributed by atoms with Gasteiger partial charge in [0.1, 0.15) is 6.54 Å². The highest BCUT2D eigenvalue weighted by molar-refractivity contribution is 6.30. The van der Waals surface area contributed by atoms with Crippen LogP contribution in [0.2, 0.25) is 5.02 Å². The molecule has 8 nitrogen and oxygen atoms in total. The third-order valence-corrected chi connectivity index (χ3v) is 4.31. The van der Waals surface area contributed by atoms with Gasteiger partial charge in [-0.05, 0) is 29.8 Å². The van der Waals surface area contributed by atoms with Crippen LogP contribution in [0, 0.1) is 0 Å². The largest absolute Gasteiger partial charge is 0.331 e. The number of amides is 2. The molecule has 0 aliphatic rings. The summed E-state index contributed by atoms with van der Waals surface area (Å²) in [5.74, 6) is -1.28. The molecule has 1 aromatic heterocycles. The van der Waals surface area contributed by atoms with Gasteiger partial charge in [-0.1, -0.05) is 41.9 Å². The molecule has 0 unspecified atom stereocenters. The number of carbonyl (C=O) groups is 2. The monoisotopic (exact) mass is 412 g/mol. The predicted octanol–water partition coefficient (Wildman–Crippen LogP) is 1.17. The fourth-order valence-corrected chi connectivity index (χ4v) is 2.71. The molecule has 3 rings (SSSR count). The summed E-state index contributed by atoms with van der Waals surface area (Å²) in [6, 6.07) is 16.5. The molecular formula is C20H17ClN4O4. The van der Waals surface area contributed by atoms with Gasteiger partial charge in [-0.3, -0.25) is 34.4 Å². The molecule has 0 fully saturated rings. The summed E-state index contributed by atoms with van der Waals surface area (Å²) >= 11 is 5.76. The quantitative estimate of drug-likeness (QED) is 0.614. The van der Waals surface area contributed by atoms with Gasteiger partial charge in [-0.25, -0.2) is 4.79 Å². The van der Waals surface area contributed by atoms with Crippen molar-refractivity contribution >= 4 is 23.4 Å². The van der Waals surface area contributed by atoms with Gasteiger partial charge in [0.05, 0.1) is 6.54 Å². The Morgan fingerprint density at radius 2 is 1.59 bits per heavy atom. The van der Waals surface area contributed by atoms with E-state index in [-0.39, 0.29) is 12.1 Å². The molecule has 0 saturated heterocycles. The minimum atomic E-state index is -0.719. The second kappa shape index (κ2) is 9.03. The molecule has 3 aromatic rings. The topological polar surface area (TPSA) is 102 Å². The second-order valence-corrected chi connectivity index (χ2v) is 6.58. The van der Waals surface area contributed by atoms with Gasteiger partial charge in [0.2, 0.25) is 0 Å². The lowest BCUT2D eigenvalue weighted by Gasteiger charge is -2.11. The number of benzene rings is 2. The van der Waals surface area contributed by atoms with E-state index in [9.17, 15) is 19.2 Å². The minimum absolute atomic E-state index is 0.259. The molecule has 2 amide bonds. The summed E-state index contributed by atoms with van der Waals surface area (Å²) in [6.07, 6.45) is 1.38. The molecule has 0 saturated carbocycles. The van der Waals surface area contributed by atoms with Crippen molar-refractivity contribution in [1.29, 1.82) is 0 Å². The van der Waals surface area contributed by atoms with Crippen LogP contribution in [0.5, 0.6) is 0 Å². The first-order valence-corrected chi connectivity index (χ1v) is 9.01. The number of nitrogens with one attached hydrogen (secondary N) is 2. The maximum atomic E-state index is 12.6. The number of nitrogens with zero attached hydrogens (tertiary/aromatic N) is 2. The number of aromatic nitrogens is 2. The molecule has 0 bridgehead atoms. The Labute approximate surface area is 170 Å². The zero-order valence-electron chi connectivity index (χ0n) is 15.2. The molecule has 0 atom stereocenters. The van der Waals surface area contributed by atoms with Crippen molar-refractivity contribution in [2.24, 2.45) is 0 Å². The van der Waals surface area contributed by atoms with Crippen LogP contribution in [-0.2, 0) is 17.9 Å². The lowest BCUT2D eigenvalue weighted by molar-refractivity contribution is -0.122. The van der Waals surface area contributed by atoms with Crippen molar-refractivity contribution in [3.8, 4) is 0 Å². The highest BCUT2D eigenvalue weighted by Crippen LogP contribution is 2.08. The Morgan fingerprint density at radius 3 is 2.28 bits per heavy atom. The molecule has 2 N–H and O–H groups in total. The molecular weight excluding hydrogens is 396 g/mol. The van der Waals surface area contributed by atoms with Crippen molar-refractivity contribution in [2.75, 3.05) is 0 Å². The van der Waals surface area contributed by atoms with Crippen LogP contribution < -0.4 is 22.1 Å². The van der Waals surface area contributed by atoms with Crippen molar-refractivity contribution in [1.82, 2.24) is 20.0 Å². The number of hydrogen-bond donors (Lipinski definition) is 2. The first-order chi connectivity index (χ1) is 13.9. The normalized spacial score (nSPS) is 10.4. The number of carbonyl (C=O) groups excluding carboxylic acids is 2. The standard InChI is InChI=1S/C20H17ClN4O4/c21-16-8-6-15(7-9-16)19(28)23-22-17(26)13-25-18(27)10-11-24(20(25)29)12-14-4-2-1-3-5-14/h1-11H,12-13H2,(H,22,26)(H,23,28). The lowest BCUT2D eigenvalue weighted by atomic mass is 10.2. The van der Waals surface area contributed by atoms with E-state index in [1.807, 2.05) is 30.3 Å². The van der Waals surface area contributed by atoms with Crippen molar-refractivity contribution in [3.63, 3.8) is 0 Å². The van der Waals surface area contributed by atoms with Crippen LogP contribution in [-0.4, -0.2) is 20.9 Å². The van der Waals surface area contributed by atoms with Crippen LogP contribution >= 0.6 is 11.6 Å². The van der Waals surface area contributed by atoms with Crippen molar-refractivity contribution in [2.45, 2.75) is 13.1 Å². The number of hydrogen-bond acceptors (Lipinski definition) is 4. The van der Waals surface area contributed by atoms with Crippen molar-refractivity contribution < 1.29 is 9.59 Å². The van der Waals surface area contributed by atoms with Gasteiger partial charge in [-0.2, -0.15) is 0 Å². The van der Waals surface area contributed by atoms with Crippen LogP contribution in [0.1, 0.15) is 15.9 Å². The van der Waals surface area contributed by atoms with Crippen LogP contribution in [0.4, 0.5) is 0 Å². The van der Waals surface area contributed by atoms with E-state index in [2.05, 4.69) is 10.9 Å². The fraction of sp³-hybridized carbons (Fsp3) is 0.100. The van der Waals surface area contributed by atoms with Gasteiger partial charge in [0.25, 0.3) is 17.4 Å². The highest BCUT2D eigenvalue weighted by Gasteiger charge is 2.12. The van der Waals surface area contributed by atoms with Crippen molar-refractivity contribution in [3.05, 3.63) is 104 Å². The maximum absolute atomic E-state index is 12.6. The number of halogens is 1. The molecule has 1 heterocycles. The molecule has 148 valence electrons. The summed E-state index contributed by atoms with van der Waals surface area (Å²) in [6.45, 7) is -0.275. The van der Waals surface area contributed by atoms with Crippen LogP contribution in [0.25, 0.3) is 0 Å². The summed E-state index contributed by atoms with van der Waals surface area (Å²) in [7, 11) is 0. The van der Waals surface area contributed by atoms with E-state index in [4.69, 9.17) is 11.6 Å².